The molecule has 2 N–H and O–H groups in total. The number of nitrogens with one attached hydrogen (secondary N) is 2. The Balaban J connectivity index is 1.50. The third kappa shape index (κ3) is 4.40. The SMILES string of the molecule is CCCC(C)N1CCC(c2c[nH]c3ccc(NC(=O)c4ccccc4Cl)cc23)CC1. The maximum absolute atomic E-state index is 12.6. The van der Waals surface area contributed by atoms with Gasteiger partial charge in [0.1, 0.15) is 0 Å². The van der Waals surface area contributed by atoms with Crippen molar-refractivity contribution in [1.29, 1.82) is 0 Å². The molecule has 3 aromatic rings. The number of benzene rings is 2. The van der Waals surface area contributed by atoms with E-state index in [-0.39, 0.29) is 5.91 Å². The quantitative estimate of drug-likeness (QED) is 0.479. The molecule has 1 amide bonds. The number of piperidine rings is 1. The van der Waals surface area contributed by atoms with Crippen molar-refractivity contribution in [2.45, 2.75) is 51.5 Å². The molecule has 30 heavy (non-hydrogen) atoms. The minimum Gasteiger partial charge on any atom is -0.361 e. The zero-order valence-electron chi connectivity index (χ0n) is 17.7. The molecule has 5 heteroatoms. The van der Waals surface area contributed by atoms with Gasteiger partial charge >= 0.3 is 0 Å². The van der Waals surface area contributed by atoms with Gasteiger partial charge in [-0.2, -0.15) is 0 Å². The van der Waals surface area contributed by atoms with Crippen molar-refractivity contribution < 1.29 is 4.79 Å². The number of aromatic amines is 1. The lowest BCUT2D eigenvalue weighted by molar-refractivity contribution is 0.102. The Morgan fingerprint density at radius 3 is 2.73 bits per heavy atom. The zero-order valence-corrected chi connectivity index (χ0v) is 18.5. The van der Waals surface area contributed by atoms with Crippen molar-refractivity contribution in [2.75, 3.05) is 18.4 Å². The third-order valence-electron chi connectivity index (χ3n) is 6.39. The number of rotatable bonds is 6. The van der Waals surface area contributed by atoms with Crippen LogP contribution in [0.3, 0.4) is 0 Å². The monoisotopic (exact) mass is 423 g/mol. The highest BCUT2D eigenvalue weighted by atomic mass is 35.5. The lowest BCUT2D eigenvalue weighted by atomic mass is 9.88. The number of halogens is 1. The van der Waals surface area contributed by atoms with Crippen LogP contribution < -0.4 is 5.32 Å². The highest BCUT2D eigenvalue weighted by molar-refractivity contribution is 6.34. The predicted molar refractivity (Wildman–Crippen MR) is 126 cm³/mol. The molecule has 1 fully saturated rings. The first-order chi connectivity index (χ1) is 14.6. The largest absolute Gasteiger partial charge is 0.361 e. The maximum atomic E-state index is 12.6. The molecule has 1 aromatic heterocycles. The maximum Gasteiger partial charge on any atom is 0.257 e. The van der Waals surface area contributed by atoms with E-state index in [9.17, 15) is 4.79 Å². The average Bonchev–Trinajstić information content (AvgIpc) is 3.17. The number of likely N-dealkylation sites (tertiary alicyclic amines) is 1. The Kier molecular flexibility index (Phi) is 6.45. The zero-order chi connectivity index (χ0) is 21.1. The summed E-state index contributed by atoms with van der Waals surface area (Å²) in [6.45, 7) is 6.92. The summed E-state index contributed by atoms with van der Waals surface area (Å²) in [5.74, 6) is 0.369. The van der Waals surface area contributed by atoms with E-state index in [0.29, 0.717) is 22.5 Å². The summed E-state index contributed by atoms with van der Waals surface area (Å²) in [7, 11) is 0. The molecule has 4 nitrogen and oxygen atoms in total. The standard InChI is InChI=1S/C25H30ClN3O/c1-3-6-17(2)29-13-11-18(12-14-29)22-16-27-24-10-9-19(15-21(22)24)28-25(30)20-7-4-5-8-23(20)26/h4-5,7-10,15-18,27H,3,6,11-14H2,1-2H3,(H,28,30). The third-order valence-corrected chi connectivity index (χ3v) is 6.72. The number of fused-ring (bicyclic) bond motifs is 1. The van der Waals surface area contributed by atoms with Crippen LogP contribution in [-0.2, 0) is 0 Å². The second kappa shape index (κ2) is 9.23. The van der Waals surface area contributed by atoms with Gasteiger partial charge in [-0.1, -0.05) is 37.1 Å². The molecule has 1 unspecified atom stereocenters. The van der Waals surface area contributed by atoms with Gasteiger partial charge in [-0.05, 0) is 81.1 Å². The summed E-state index contributed by atoms with van der Waals surface area (Å²) >= 11 is 6.17. The Labute approximate surface area is 183 Å². The van der Waals surface area contributed by atoms with Crippen molar-refractivity contribution in [1.82, 2.24) is 9.88 Å². The first kappa shape index (κ1) is 21.0. The van der Waals surface area contributed by atoms with Crippen LogP contribution in [0.15, 0.2) is 48.7 Å². The minimum atomic E-state index is -0.185. The summed E-state index contributed by atoms with van der Waals surface area (Å²) < 4.78 is 0. The molecular formula is C25H30ClN3O. The van der Waals surface area contributed by atoms with Gasteiger partial charge in [-0.3, -0.25) is 4.79 Å². The van der Waals surface area contributed by atoms with Gasteiger partial charge < -0.3 is 15.2 Å². The van der Waals surface area contributed by atoms with E-state index in [1.807, 2.05) is 24.3 Å². The molecule has 1 atom stereocenters. The minimum absolute atomic E-state index is 0.185. The van der Waals surface area contributed by atoms with E-state index in [1.54, 1.807) is 12.1 Å². The van der Waals surface area contributed by atoms with E-state index >= 15 is 0 Å². The van der Waals surface area contributed by atoms with Gasteiger partial charge in [0.2, 0.25) is 0 Å². The number of hydrogen-bond acceptors (Lipinski definition) is 2. The molecule has 0 saturated carbocycles. The number of carbonyl (C=O) groups excluding carboxylic acids is 1. The molecule has 0 bridgehead atoms. The molecule has 1 aliphatic heterocycles. The average molecular weight is 424 g/mol. The summed E-state index contributed by atoms with van der Waals surface area (Å²) in [6.07, 6.45) is 7.02. The second-order valence-corrected chi connectivity index (χ2v) is 8.79. The van der Waals surface area contributed by atoms with Crippen molar-refractivity contribution in [3.8, 4) is 0 Å². The fraction of sp³-hybridized carbons (Fsp3) is 0.400. The van der Waals surface area contributed by atoms with E-state index in [4.69, 9.17) is 11.6 Å². The van der Waals surface area contributed by atoms with Crippen LogP contribution in [0.25, 0.3) is 10.9 Å². The number of carbonyl (C=O) groups is 1. The highest BCUT2D eigenvalue weighted by Gasteiger charge is 2.25. The molecule has 4 rings (SSSR count). The molecule has 1 aliphatic rings. The number of anilines is 1. The van der Waals surface area contributed by atoms with Crippen molar-refractivity contribution >= 4 is 34.1 Å². The van der Waals surface area contributed by atoms with Gasteiger partial charge in [-0.25, -0.2) is 0 Å². The second-order valence-electron chi connectivity index (χ2n) is 8.39. The highest BCUT2D eigenvalue weighted by Crippen LogP contribution is 2.35. The summed E-state index contributed by atoms with van der Waals surface area (Å²) in [4.78, 5) is 18.7. The molecule has 0 spiro atoms. The number of aromatic nitrogens is 1. The van der Waals surface area contributed by atoms with Crippen LogP contribution in [0.4, 0.5) is 5.69 Å². The fourth-order valence-corrected chi connectivity index (χ4v) is 4.87. The molecule has 158 valence electrons. The number of nitrogens with zero attached hydrogens (tertiary/aromatic N) is 1. The van der Waals surface area contributed by atoms with Gasteiger partial charge in [0.05, 0.1) is 10.6 Å². The first-order valence-electron chi connectivity index (χ1n) is 11.0. The Hall–Kier alpha value is -2.30. The topological polar surface area (TPSA) is 48.1 Å². The van der Waals surface area contributed by atoms with Crippen LogP contribution in [0.5, 0.6) is 0 Å². The van der Waals surface area contributed by atoms with Crippen molar-refractivity contribution in [2.24, 2.45) is 0 Å². The van der Waals surface area contributed by atoms with Crippen molar-refractivity contribution in [3.63, 3.8) is 0 Å². The van der Waals surface area contributed by atoms with Crippen LogP contribution in [-0.4, -0.2) is 34.9 Å². The van der Waals surface area contributed by atoms with Gasteiger partial charge in [0, 0.05) is 28.8 Å². The molecule has 2 heterocycles. The van der Waals surface area contributed by atoms with Gasteiger partial charge in [-0.15, -0.1) is 0 Å². The van der Waals surface area contributed by atoms with E-state index in [2.05, 4.69) is 41.3 Å². The normalized spacial score (nSPS) is 16.6. The number of hydrogen-bond donors (Lipinski definition) is 2. The van der Waals surface area contributed by atoms with Crippen LogP contribution in [0, 0.1) is 0 Å². The smallest absolute Gasteiger partial charge is 0.257 e. The summed E-state index contributed by atoms with van der Waals surface area (Å²) in [6, 6.07) is 13.9. The summed E-state index contributed by atoms with van der Waals surface area (Å²) in [5, 5.41) is 4.66. The van der Waals surface area contributed by atoms with Crippen molar-refractivity contribution in [3.05, 3.63) is 64.8 Å². The lowest BCUT2D eigenvalue weighted by Crippen LogP contribution is -2.39. The van der Waals surface area contributed by atoms with E-state index < -0.39 is 0 Å². The Bertz CT molecular complexity index is 1020. The first-order valence-corrected chi connectivity index (χ1v) is 11.4. The lowest BCUT2D eigenvalue weighted by Gasteiger charge is -2.36. The Morgan fingerprint density at radius 2 is 2.00 bits per heavy atom. The summed E-state index contributed by atoms with van der Waals surface area (Å²) in [5.41, 5.74) is 3.76. The molecule has 2 aromatic carbocycles. The van der Waals surface area contributed by atoms with Crippen LogP contribution >= 0.6 is 11.6 Å². The molecule has 0 radical (unpaired) electrons. The number of amides is 1. The van der Waals surface area contributed by atoms with Crippen LogP contribution in [0.2, 0.25) is 5.02 Å². The molecular weight excluding hydrogens is 394 g/mol. The number of H-pyrrole nitrogens is 1. The fourth-order valence-electron chi connectivity index (χ4n) is 4.65. The Morgan fingerprint density at radius 1 is 1.23 bits per heavy atom. The van der Waals surface area contributed by atoms with Gasteiger partial charge in [0.25, 0.3) is 5.91 Å². The molecule has 1 saturated heterocycles. The van der Waals surface area contributed by atoms with E-state index in [1.165, 1.54) is 36.6 Å². The predicted octanol–water partition coefficient (Wildman–Crippen LogP) is 6.44. The van der Waals surface area contributed by atoms with Crippen LogP contribution in [0.1, 0.15) is 61.4 Å². The molecule has 0 aliphatic carbocycles. The van der Waals surface area contributed by atoms with E-state index in [0.717, 1.165) is 24.3 Å². The van der Waals surface area contributed by atoms with Gasteiger partial charge in [0.15, 0.2) is 0 Å².